The molecule has 1 heterocycles. The monoisotopic (exact) mass is 234 g/mol. The van der Waals surface area contributed by atoms with Gasteiger partial charge in [0.25, 0.3) is 0 Å². The molecule has 1 aliphatic heterocycles. The minimum Gasteiger partial charge on any atom is -0.490 e. The summed E-state index contributed by atoms with van der Waals surface area (Å²) in [6.45, 7) is 6.13. The molecule has 0 amide bonds. The fourth-order valence-electron chi connectivity index (χ4n) is 1.94. The van der Waals surface area contributed by atoms with Crippen LogP contribution in [0, 0.1) is 0 Å². The molecule has 92 valence electrons. The van der Waals surface area contributed by atoms with Crippen molar-refractivity contribution in [2.45, 2.75) is 19.9 Å². The van der Waals surface area contributed by atoms with Crippen LogP contribution in [-0.2, 0) is 0 Å². The van der Waals surface area contributed by atoms with Gasteiger partial charge >= 0.3 is 0 Å². The average Bonchev–Trinajstić information content (AvgIpc) is 2.37. The maximum Gasteiger partial charge on any atom is 0.179 e. The van der Waals surface area contributed by atoms with Crippen molar-refractivity contribution in [1.82, 2.24) is 5.32 Å². The number of carbonyl (C=O) groups excluding carboxylic acids is 1. The van der Waals surface area contributed by atoms with E-state index in [1.54, 1.807) is 0 Å². The van der Waals surface area contributed by atoms with Crippen LogP contribution in [0.25, 0.3) is 0 Å². The Kier molecular flexibility index (Phi) is 3.64. The molecular weight excluding hydrogens is 216 g/mol. The zero-order valence-corrected chi connectivity index (χ0v) is 10.2. The number of Topliss-reactive ketones (excluding diaryl/α,β-unsaturated/α-hetero) is 1. The second-order valence-electron chi connectivity index (χ2n) is 4.13. The van der Waals surface area contributed by atoms with E-state index in [2.05, 4.69) is 10.6 Å². The number of hydrogen-bond donors (Lipinski definition) is 2. The quantitative estimate of drug-likeness (QED) is 0.778. The number of anilines is 1. The van der Waals surface area contributed by atoms with Crippen molar-refractivity contribution in [2.24, 2.45) is 0 Å². The number of likely N-dealkylation sites (N-methyl/N-ethyl adjacent to an activating group) is 1. The highest BCUT2D eigenvalue weighted by Crippen LogP contribution is 2.28. The molecule has 0 aliphatic carbocycles. The van der Waals surface area contributed by atoms with Crippen LogP contribution in [0.15, 0.2) is 18.2 Å². The Morgan fingerprint density at radius 1 is 1.59 bits per heavy atom. The Hall–Kier alpha value is -1.55. The zero-order valence-electron chi connectivity index (χ0n) is 10.2. The first-order chi connectivity index (χ1) is 8.22. The van der Waals surface area contributed by atoms with Gasteiger partial charge in [-0.1, -0.05) is 6.92 Å². The molecule has 0 saturated carbocycles. The van der Waals surface area contributed by atoms with Crippen LogP contribution in [0.2, 0.25) is 0 Å². The minimum absolute atomic E-state index is 0.113. The van der Waals surface area contributed by atoms with Crippen LogP contribution >= 0.6 is 0 Å². The van der Waals surface area contributed by atoms with E-state index in [4.69, 9.17) is 4.74 Å². The van der Waals surface area contributed by atoms with Crippen LogP contribution < -0.4 is 15.4 Å². The van der Waals surface area contributed by atoms with Gasteiger partial charge in [0.05, 0.1) is 11.7 Å². The second kappa shape index (κ2) is 5.19. The van der Waals surface area contributed by atoms with E-state index in [-0.39, 0.29) is 11.8 Å². The molecule has 2 rings (SSSR count). The summed E-state index contributed by atoms with van der Waals surface area (Å²) in [6.07, 6.45) is 0. The van der Waals surface area contributed by atoms with Crippen LogP contribution in [0.4, 0.5) is 5.69 Å². The minimum atomic E-state index is -0.150. The number of carbonyl (C=O) groups is 1. The molecule has 0 bridgehead atoms. The molecule has 2 N–H and O–H groups in total. The molecule has 0 radical (unpaired) electrons. The lowest BCUT2D eigenvalue weighted by molar-refractivity contribution is 0.0952. The number of ether oxygens (including phenoxy) is 1. The first-order valence-corrected chi connectivity index (χ1v) is 6.00. The highest BCUT2D eigenvalue weighted by molar-refractivity contribution is 6.01. The summed E-state index contributed by atoms with van der Waals surface area (Å²) < 4.78 is 5.48. The highest BCUT2D eigenvalue weighted by atomic mass is 16.5. The standard InChI is InChI=1S/C13H18N2O2/c1-3-14-9(2)13(16)10-4-5-12-11(8-10)15-6-7-17-12/h4-5,8-9,14-15H,3,6-7H2,1-2H3. The topological polar surface area (TPSA) is 50.4 Å². The lowest BCUT2D eigenvalue weighted by atomic mass is 10.0. The molecule has 0 saturated heterocycles. The number of nitrogens with one attached hydrogen (secondary N) is 2. The van der Waals surface area contributed by atoms with Crippen molar-refractivity contribution in [3.05, 3.63) is 23.8 Å². The first kappa shape index (κ1) is 11.9. The van der Waals surface area contributed by atoms with E-state index in [1.165, 1.54) is 0 Å². The normalized spacial score (nSPS) is 15.4. The van der Waals surface area contributed by atoms with E-state index in [9.17, 15) is 4.79 Å². The number of ketones is 1. The number of rotatable bonds is 4. The third kappa shape index (κ3) is 2.58. The summed E-state index contributed by atoms with van der Waals surface area (Å²) in [6, 6.07) is 5.39. The van der Waals surface area contributed by atoms with Crippen molar-refractivity contribution < 1.29 is 9.53 Å². The maximum atomic E-state index is 12.1. The van der Waals surface area contributed by atoms with Crippen molar-refractivity contribution >= 4 is 11.5 Å². The Morgan fingerprint density at radius 2 is 2.41 bits per heavy atom. The van der Waals surface area contributed by atoms with Crippen molar-refractivity contribution in [2.75, 3.05) is 25.0 Å². The van der Waals surface area contributed by atoms with Gasteiger partial charge in [-0.3, -0.25) is 4.79 Å². The fourth-order valence-corrected chi connectivity index (χ4v) is 1.94. The van der Waals surface area contributed by atoms with E-state index >= 15 is 0 Å². The van der Waals surface area contributed by atoms with Crippen LogP contribution in [-0.4, -0.2) is 31.5 Å². The predicted octanol–water partition coefficient (Wildman–Crippen LogP) is 1.67. The number of hydrogen-bond acceptors (Lipinski definition) is 4. The largest absolute Gasteiger partial charge is 0.490 e. The molecule has 4 heteroatoms. The Bertz CT molecular complexity index is 418. The smallest absolute Gasteiger partial charge is 0.179 e. The molecule has 4 nitrogen and oxygen atoms in total. The van der Waals surface area contributed by atoms with Gasteiger partial charge < -0.3 is 15.4 Å². The first-order valence-electron chi connectivity index (χ1n) is 6.00. The van der Waals surface area contributed by atoms with Gasteiger partial charge in [-0.25, -0.2) is 0 Å². The molecule has 0 spiro atoms. The van der Waals surface area contributed by atoms with Crippen LogP contribution in [0.1, 0.15) is 24.2 Å². The second-order valence-corrected chi connectivity index (χ2v) is 4.13. The summed E-state index contributed by atoms with van der Waals surface area (Å²) in [4.78, 5) is 12.1. The molecule has 17 heavy (non-hydrogen) atoms. The van der Waals surface area contributed by atoms with Gasteiger partial charge in [0.2, 0.25) is 0 Å². The van der Waals surface area contributed by atoms with Gasteiger partial charge in [-0.15, -0.1) is 0 Å². The lowest BCUT2D eigenvalue weighted by Crippen LogP contribution is -2.33. The average molecular weight is 234 g/mol. The van der Waals surface area contributed by atoms with E-state index < -0.39 is 0 Å². The van der Waals surface area contributed by atoms with Crippen molar-refractivity contribution in [3.63, 3.8) is 0 Å². The fraction of sp³-hybridized carbons (Fsp3) is 0.462. The van der Waals surface area contributed by atoms with E-state index in [0.29, 0.717) is 6.61 Å². The number of benzene rings is 1. The Morgan fingerprint density at radius 3 is 3.18 bits per heavy atom. The SMILES string of the molecule is CCNC(C)C(=O)c1ccc2c(c1)NCCO2. The van der Waals surface area contributed by atoms with Gasteiger partial charge in [-0.05, 0) is 31.7 Å². The van der Waals surface area contributed by atoms with E-state index in [1.807, 2.05) is 32.0 Å². The van der Waals surface area contributed by atoms with Crippen molar-refractivity contribution in [1.29, 1.82) is 0 Å². The van der Waals surface area contributed by atoms with Crippen LogP contribution in [0.5, 0.6) is 5.75 Å². The third-order valence-corrected chi connectivity index (χ3v) is 2.84. The highest BCUT2D eigenvalue weighted by Gasteiger charge is 2.17. The molecule has 1 unspecified atom stereocenters. The van der Waals surface area contributed by atoms with Crippen LogP contribution in [0.3, 0.4) is 0 Å². The summed E-state index contributed by atoms with van der Waals surface area (Å²) in [5.74, 6) is 0.936. The molecule has 1 aliphatic rings. The van der Waals surface area contributed by atoms with Gasteiger partial charge in [0, 0.05) is 12.1 Å². The van der Waals surface area contributed by atoms with Crippen molar-refractivity contribution in [3.8, 4) is 5.75 Å². The Balaban J connectivity index is 2.19. The zero-order chi connectivity index (χ0) is 12.3. The van der Waals surface area contributed by atoms with Gasteiger partial charge in [0.15, 0.2) is 5.78 Å². The maximum absolute atomic E-state index is 12.1. The summed E-state index contributed by atoms with van der Waals surface area (Å²) >= 11 is 0. The van der Waals surface area contributed by atoms with Gasteiger partial charge in [-0.2, -0.15) is 0 Å². The summed E-state index contributed by atoms with van der Waals surface area (Å²) in [5.41, 5.74) is 1.63. The number of fused-ring (bicyclic) bond motifs is 1. The summed E-state index contributed by atoms with van der Waals surface area (Å²) in [7, 11) is 0. The Labute approximate surface area is 101 Å². The molecule has 0 aromatic heterocycles. The van der Waals surface area contributed by atoms with E-state index in [0.717, 1.165) is 30.1 Å². The molecule has 1 atom stereocenters. The molecule has 1 aromatic rings. The molecule has 1 aromatic carbocycles. The van der Waals surface area contributed by atoms with Gasteiger partial charge in [0.1, 0.15) is 12.4 Å². The summed E-state index contributed by atoms with van der Waals surface area (Å²) in [5, 5.41) is 6.35. The lowest BCUT2D eigenvalue weighted by Gasteiger charge is -2.20. The predicted molar refractivity (Wildman–Crippen MR) is 67.9 cm³/mol. The molecular formula is C13H18N2O2. The molecule has 0 fully saturated rings. The third-order valence-electron chi connectivity index (χ3n) is 2.84.